The smallest absolute Gasteiger partial charge is 0.258 e. The highest BCUT2D eigenvalue weighted by atomic mass is 35.5. The molecule has 0 radical (unpaired) electrons. The van der Waals surface area contributed by atoms with E-state index in [-0.39, 0.29) is 11.5 Å². The Balaban J connectivity index is 1.90. The van der Waals surface area contributed by atoms with E-state index >= 15 is 0 Å². The van der Waals surface area contributed by atoms with Crippen LogP contribution in [-0.2, 0) is 0 Å². The molecule has 1 amide bonds. The molecule has 6 nitrogen and oxygen atoms in total. The summed E-state index contributed by atoms with van der Waals surface area (Å²) >= 11 is 6.10. The van der Waals surface area contributed by atoms with Gasteiger partial charge in [-0.15, -0.1) is 0 Å². The summed E-state index contributed by atoms with van der Waals surface area (Å²) in [6, 6.07) is 13.7. The molecule has 0 spiro atoms. The number of carbonyl (C=O) groups excluding carboxylic acids is 1. The molecule has 1 aromatic heterocycles. The third-order valence-corrected chi connectivity index (χ3v) is 5.42. The number of unbranched alkanes of at least 4 members (excludes halogenated alkanes) is 3. The lowest BCUT2D eigenvalue weighted by molar-refractivity contribution is 0.0679. The highest BCUT2D eigenvalue weighted by molar-refractivity contribution is 6.30. The predicted molar refractivity (Wildman–Crippen MR) is 121 cm³/mol. The number of fused-ring (bicyclic) bond motifs is 1. The van der Waals surface area contributed by atoms with Gasteiger partial charge in [-0.05, 0) is 56.6 Å². The third-order valence-electron chi connectivity index (χ3n) is 5.18. The average molecular weight is 427 g/mol. The Morgan fingerprint density at radius 3 is 2.67 bits per heavy atom. The van der Waals surface area contributed by atoms with Crippen LogP contribution in [0.5, 0.6) is 0 Å². The summed E-state index contributed by atoms with van der Waals surface area (Å²) in [7, 11) is 0. The standard InChI is InChI=1S/C23H27ClN4O2/c1-16(21-26-20-12-5-4-11-19(20)22(29)27-21)28(14-7-3-2-6-13-25)23(30)17-9-8-10-18(24)15-17/h4-5,8-12,15-16H,2-3,6-7,13-14,25H2,1H3,(H,26,27,29)/t16-/m1/s1. The van der Waals surface area contributed by atoms with Gasteiger partial charge in [-0.3, -0.25) is 9.59 Å². The van der Waals surface area contributed by atoms with Crippen LogP contribution < -0.4 is 11.3 Å². The van der Waals surface area contributed by atoms with E-state index in [1.54, 1.807) is 47.4 Å². The van der Waals surface area contributed by atoms with Gasteiger partial charge in [0, 0.05) is 17.1 Å². The number of carbonyl (C=O) groups is 1. The molecule has 1 atom stereocenters. The Hall–Kier alpha value is -2.70. The highest BCUT2D eigenvalue weighted by Gasteiger charge is 2.24. The van der Waals surface area contributed by atoms with Crippen LogP contribution in [0, 0.1) is 0 Å². The van der Waals surface area contributed by atoms with Gasteiger partial charge in [0.25, 0.3) is 11.5 Å². The van der Waals surface area contributed by atoms with Crippen molar-refractivity contribution in [2.75, 3.05) is 13.1 Å². The van der Waals surface area contributed by atoms with Crippen LogP contribution in [0.1, 0.15) is 54.8 Å². The van der Waals surface area contributed by atoms with E-state index in [1.807, 2.05) is 13.0 Å². The summed E-state index contributed by atoms with van der Waals surface area (Å²) < 4.78 is 0. The van der Waals surface area contributed by atoms with Gasteiger partial charge in [0.1, 0.15) is 5.82 Å². The van der Waals surface area contributed by atoms with E-state index < -0.39 is 6.04 Å². The normalized spacial score (nSPS) is 12.1. The summed E-state index contributed by atoms with van der Waals surface area (Å²) in [5.74, 6) is 0.329. The molecular weight excluding hydrogens is 400 g/mol. The Kier molecular flexibility index (Phi) is 7.60. The van der Waals surface area contributed by atoms with Crippen LogP contribution in [0.2, 0.25) is 5.02 Å². The van der Waals surface area contributed by atoms with Crippen molar-refractivity contribution < 1.29 is 4.79 Å². The van der Waals surface area contributed by atoms with Crippen LogP contribution >= 0.6 is 11.6 Å². The molecule has 0 bridgehead atoms. The molecule has 0 fully saturated rings. The quantitative estimate of drug-likeness (QED) is 0.499. The monoisotopic (exact) mass is 426 g/mol. The SMILES string of the molecule is C[C@H](c1nc2ccccc2c(=O)[nH]1)N(CCCCCCN)C(=O)c1cccc(Cl)c1. The summed E-state index contributed by atoms with van der Waals surface area (Å²) in [4.78, 5) is 35.0. The zero-order valence-corrected chi connectivity index (χ0v) is 17.9. The van der Waals surface area contributed by atoms with Gasteiger partial charge in [0.05, 0.1) is 16.9 Å². The number of hydrogen-bond acceptors (Lipinski definition) is 4. The fraction of sp³-hybridized carbons (Fsp3) is 0.348. The van der Waals surface area contributed by atoms with E-state index in [4.69, 9.17) is 17.3 Å². The van der Waals surface area contributed by atoms with Crippen molar-refractivity contribution >= 4 is 28.4 Å². The Bertz CT molecular complexity index is 1070. The number of nitrogens with zero attached hydrogens (tertiary/aromatic N) is 2. The molecule has 1 heterocycles. The second kappa shape index (κ2) is 10.4. The number of aromatic nitrogens is 2. The molecule has 3 aromatic rings. The average Bonchev–Trinajstić information content (AvgIpc) is 2.75. The van der Waals surface area contributed by atoms with E-state index in [0.717, 1.165) is 25.7 Å². The molecule has 0 saturated carbocycles. The number of nitrogens with two attached hydrogens (primary N) is 1. The molecule has 0 unspecified atom stereocenters. The lowest BCUT2D eigenvalue weighted by atomic mass is 10.1. The molecule has 3 N–H and O–H groups in total. The van der Waals surface area contributed by atoms with Crippen molar-refractivity contribution in [3.8, 4) is 0 Å². The second-order valence-corrected chi connectivity index (χ2v) is 7.79. The number of nitrogens with one attached hydrogen (secondary N) is 1. The number of hydrogen-bond donors (Lipinski definition) is 2. The first-order valence-corrected chi connectivity index (χ1v) is 10.6. The lowest BCUT2D eigenvalue weighted by Gasteiger charge is -2.29. The minimum Gasteiger partial charge on any atom is -0.330 e. The number of halogens is 1. The molecule has 0 saturated heterocycles. The van der Waals surface area contributed by atoms with Crippen molar-refractivity contribution in [1.29, 1.82) is 0 Å². The maximum atomic E-state index is 13.3. The van der Waals surface area contributed by atoms with Crippen molar-refractivity contribution in [2.45, 2.75) is 38.6 Å². The van der Waals surface area contributed by atoms with Crippen molar-refractivity contribution in [1.82, 2.24) is 14.9 Å². The van der Waals surface area contributed by atoms with Gasteiger partial charge >= 0.3 is 0 Å². The fourth-order valence-corrected chi connectivity index (χ4v) is 3.68. The van der Waals surface area contributed by atoms with E-state index in [2.05, 4.69) is 9.97 Å². The molecule has 2 aromatic carbocycles. The number of para-hydroxylation sites is 1. The molecule has 0 aliphatic rings. The first kappa shape index (κ1) is 22.0. The minimum absolute atomic E-state index is 0.139. The fourth-order valence-electron chi connectivity index (χ4n) is 3.49. The second-order valence-electron chi connectivity index (χ2n) is 7.36. The first-order chi connectivity index (χ1) is 14.5. The van der Waals surface area contributed by atoms with Crippen LogP contribution in [0.3, 0.4) is 0 Å². The maximum Gasteiger partial charge on any atom is 0.258 e. The maximum absolute atomic E-state index is 13.3. The third kappa shape index (κ3) is 5.26. The van der Waals surface area contributed by atoms with Crippen LogP contribution in [0.4, 0.5) is 0 Å². The highest BCUT2D eigenvalue weighted by Crippen LogP contribution is 2.22. The van der Waals surface area contributed by atoms with Gasteiger partial charge in [0.15, 0.2) is 0 Å². The Morgan fingerprint density at radius 2 is 1.90 bits per heavy atom. The molecular formula is C23H27ClN4O2. The van der Waals surface area contributed by atoms with E-state index in [9.17, 15) is 9.59 Å². The van der Waals surface area contributed by atoms with Gasteiger partial charge in [-0.25, -0.2) is 4.98 Å². The van der Waals surface area contributed by atoms with E-state index in [1.165, 1.54) is 0 Å². The summed E-state index contributed by atoms with van der Waals surface area (Å²) in [5.41, 5.74) is 6.49. The van der Waals surface area contributed by atoms with Crippen molar-refractivity contribution in [3.63, 3.8) is 0 Å². The number of aromatic amines is 1. The molecule has 30 heavy (non-hydrogen) atoms. The van der Waals surface area contributed by atoms with Crippen LogP contribution in [-0.4, -0.2) is 33.9 Å². The number of amides is 1. The molecule has 3 rings (SSSR count). The van der Waals surface area contributed by atoms with E-state index in [0.29, 0.717) is 40.4 Å². The number of benzene rings is 2. The van der Waals surface area contributed by atoms with Gasteiger partial charge in [-0.2, -0.15) is 0 Å². The molecule has 7 heteroatoms. The zero-order chi connectivity index (χ0) is 21.5. The van der Waals surface area contributed by atoms with Gasteiger partial charge < -0.3 is 15.6 Å². The van der Waals surface area contributed by atoms with Gasteiger partial charge in [0.2, 0.25) is 0 Å². The minimum atomic E-state index is -0.400. The van der Waals surface area contributed by atoms with Gasteiger partial charge in [-0.1, -0.05) is 42.6 Å². The summed E-state index contributed by atoms with van der Waals surface area (Å²) in [6.07, 6.45) is 3.81. The van der Waals surface area contributed by atoms with Crippen molar-refractivity contribution in [3.05, 3.63) is 75.3 Å². The number of rotatable bonds is 9. The molecule has 0 aliphatic heterocycles. The Labute approximate surface area is 181 Å². The topological polar surface area (TPSA) is 92.1 Å². The summed E-state index contributed by atoms with van der Waals surface area (Å²) in [6.45, 7) is 3.10. The summed E-state index contributed by atoms with van der Waals surface area (Å²) in [5, 5.41) is 1.04. The lowest BCUT2D eigenvalue weighted by Crippen LogP contribution is -2.36. The predicted octanol–water partition coefficient (Wildman–Crippen LogP) is 4.30. The van der Waals surface area contributed by atoms with Crippen LogP contribution in [0.15, 0.2) is 53.3 Å². The van der Waals surface area contributed by atoms with Crippen molar-refractivity contribution in [2.24, 2.45) is 5.73 Å². The number of H-pyrrole nitrogens is 1. The zero-order valence-electron chi connectivity index (χ0n) is 17.1. The molecule has 0 aliphatic carbocycles. The largest absolute Gasteiger partial charge is 0.330 e. The Morgan fingerprint density at radius 1 is 1.13 bits per heavy atom. The van der Waals surface area contributed by atoms with Crippen LogP contribution in [0.25, 0.3) is 10.9 Å². The first-order valence-electron chi connectivity index (χ1n) is 10.3. The molecule has 158 valence electrons.